The molecular weight excluding hydrogens is 360 g/mol. The Bertz CT molecular complexity index is 923. The molecule has 148 valence electrons. The molecule has 1 aliphatic heterocycles. The molecule has 2 aliphatic rings. The van der Waals surface area contributed by atoms with Gasteiger partial charge in [-0.3, -0.25) is 4.79 Å². The van der Waals surface area contributed by atoms with Crippen LogP contribution >= 0.6 is 0 Å². The van der Waals surface area contributed by atoms with E-state index in [1.165, 1.54) is 0 Å². The van der Waals surface area contributed by atoms with Gasteiger partial charge in [-0.05, 0) is 38.3 Å². The van der Waals surface area contributed by atoms with Gasteiger partial charge in [0.05, 0.1) is 12.2 Å². The number of urea groups is 1. The Hall–Kier alpha value is -3.03. The first kappa shape index (κ1) is 18.3. The van der Waals surface area contributed by atoms with Crippen molar-refractivity contribution in [1.29, 1.82) is 0 Å². The maximum absolute atomic E-state index is 12.6. The molecule has 0 saturated carbocycles. The minimum atomic E-state index is -0.551. The second-order valence-corrected chi connectivity index (χ2v) is 7.36. The van der Waals surface area contributed by atoms with Gasteiger partial charge in [-0.25, -0.2) is 4.79 Å². The van der Waals surface area contributed by atoms with E-state index in [4.69, 9.17) is 9.26 Å². The third-order valence-electron chi connectivity index (χ3n) is 5.32. The van der Waals surface area contributed by atoms with Gasteiger partial charge >= 0.3 is 6.03 Å². The number of aryl methyl sites for hydroxylation is 1. The molecule has 2 heterocycles. The first-order valence-corrected chi connectivity index (χ1v) is 9.50. The SMILES string of the molecule is CC1Oc2cc(NC(=O)N(C)Cc3noc4c3CCCC4)ccc2N(C)C1=O. The third-order valence-corrected chi connectivity index (χ3v) is 5.32. The molecule has 1 N–H and O–H groups in total. The van der Waals surface area contributed by atoms with Crippen molar-refractivity contribution in [3.05, 3.63) is 35.2 Å². The molecule has 8 nitrogen and oxygen atoms in total. The van der Waals surface area contributed by atoms with E-state index in [9.17, 15) is 9.59 Å². The van der Waals surface area contributed by atoms with E-state index in [1.807, 2.05) is 0 Å². The van der Waals surface area contributed by atoms with E-state index in [0.29, 0.717) is 23.7 Å². The fraction of sp³-hybridized carbons (Fsp3) is 0.450. The number of nitrogens with one attached hydrogen (secondary N) is 1. The smallest absolute Gasteiger partial charge is 0.321 e. The second kappa shape index (κ2) is 7.18. The summed E-state index contributed by atoms with van der Waals surface area (Å²) < 4.78 is 11.1. The highest BCUT2D eigenvalue weighted by Crippen LogP contribution is 2.35. The molecule has 0 fully saturated rings. The molecule has 4 rings (SSSR count). The molecule has 1 atom stereocenters. The molecule has 1 unspecified atom stereocenters. The standard InChI is InChI=1S/C20H24N4O4/c1-12-19(25)24(3)16-9-8-13(10-18(16)27-12)21-20(26)23(2)11-15-14-6-4-5-7-17(14)28-22-15/h8-10,12H,4-7,11H2,1-3H3,(H,21,26). The van der Waals surface area contributed by atoms with Gasteiger partial charge in [0.15, 0.2) is 6.10 Å². The van der Waals surface area contributed by atoms with Crippen LogP contribution in [-0.2, 0) is 24.2 Å². The van der Waals surface area contributed by atoms with Gasteiger partial charge in [0.1, 0.15) is 17.2 Å². The van der Waals surface area contributed by atoms with Crippen molar-refractivity contribution in [1.82, 2.24) is 10.1 Å². The number of hydrogen-bond acceptors (Lipinski definition) is 5. The van der Waals surface area contributed by atoms with Crippen molar-refractivity contribution in [2.45, 2.75) is 45.3 Å². The molecule has 8 heteroatoms. The van der Waals surface area contributed by atoms with E-state index in [-0.39, 0.29) is 11.9 Å². The Morgan fingerprint density at radius 2 is 2.14 bits per heavy atom. The zero-order valence-electron chi connectivity index (χ0n) is 16.3. The van der Waals surface area contributed by atoms with Gasteiger partial charge < -0.3 is 24.4 Å². The van der Waals surface area contributed by atoms with Crippen LogP contribution in [-0.4, -0.2) is 42.2 Å². The van der Waals surface area contributed by atoms with Crippen LogP contribution in [0, 0.1) is 0 Å². The number of likely N-dealkylation sites (N-methyl/N-ethyl adjacent to an activating group) is 1. The van der Waals surface area contributed by atoms with Crippen molar-refractivity contribution in [2.24, 2.45) is 0 Å². The highest BCUT2D eigenvalue weighted by atomic mass is 16.5. The van der Waals surface area contributed by atoms with Gasteiger partial charge in [-0.15, -0.1) is 0 Å². The maximum atomic E-state index is 12.6. The molecule has 3 amide bonds. The van der Waals surface area contributed by atoms with Crippen LogP contribution in [0.5, 0.6) is 5.75 Å². The number of carbonyl (C=O) groups excluding carboxylic acids is 2. The molecule has 0 radical (unpaired) electrons. The molecule has 2 aromatic rings. The second-order valence-electron chi connectivity index (χ2n) is 7.36. The van der Waals surface area contributed by atoms with Gasteiger partial charge in [0.25, 0.3) is 5.91 Å². The van der Waals surface area contributed by atoms with Crippen molar-refractivity contribution in [3.63, 3.8) is 0 Å². The van der Waals surface area contributed by atoms with Crippen molar-refractivity contribution >= 4 is 23.3 Å². The minimum absolute atomic E-state index is 0.0973. The van der Waals surface area contributed by atoms with E-state index in [2.05, 4.69) is 10.5 Å². The summed E-state index contributed by atoms with van der Waals surface area (Å²) in [7, 11) is 3.44. The van der Waals surface area contributed by atoms with E-state index < -0.39 is 6.10 Å². The van der Waals surface area contributed by atoms with Crippen LogP contribution in [0.15, 0.2) is 22.7 Å². The van der Waals surface area contributed by atoms with Crippen molar-refractivity contribution < 1.29 is 18.8 Å². The summed E-state index contributed by atoms with van der Waals surface area (Å²) in [5.74, 6) is 1.43. The predicted octanol–water partition coefficient (Wildman–Crippen LogP) is 2.96. The lowest BCUT2D eigenvalue weighted by molar-refractivity contribution is -0.125. The lowest BCUT2D eigenvalue weighted by Crippen LogP contribution is -2.42. The lowest BCUT2D eigenvalue weighted by Gasteiger charge is -2.30. The summed E-state index contributed by atoms with van der Waals surface area (Å²) in [4.78, 5) is 27.8. The molecular formula is C20H24N4O4. The monoisotopic (exact) mass is 384 g/mol. The highest BCUT2D eigenvalue weighted by Gasteiger charge is 2.29. The Balaban J connectivity index is 1.44. The number of benzene rings is 1. The summed E-state index contributed by atoms with van der Waals surface area (Å²) in [6.07, 6.45) is 3.57. The molecule has 0 spiro atoms. The highest BCUT2D eigenvalue weighted by molar-refractivity contribution is 6.00. The summed E-state index contributed by atoms with van der Waals surface area (Å²) in [5.41, 5.74) is 3.27. The van der Waals surface area contributed by atoms with E-state index >= 15 is 0 Å². The zero-order chi connectivity index (χ0) is 19.8. The Morgan fingerprint density at radius 1 is 1.36 bits per heavy atom. The molecule has 1 aromatic carbocycles. The van der Waals surface area contributed by atoms with Crippen molar-refractivity contribution in [2.75, 3.05) is 24.3 Å². The normalized spacial score (nSPS) is 18.2. The third kappa shape index (κ3) is 3.30. The Labute approximate surface area is 163 Å². The average molecular weight is 384 g/mol. The summed E-state index contributed by atoms with van der Waals surface area (Å²) in [6, 6.07) is 5.01. The number of fused-ring (bicyclic) bond motifs is 2. The number of hydrogen-bond donors (Lipinski definition) is 1. The molecule has 0 bridgehead atoms. The number of carbonyl (C=O) groups is 2. The van der Waals surface area contributed by atoms with Gasteiger partial charge in [-0.2, -0.15) is 0 Å². The van der Waals surface area contributed by atoms with Crippen LogP contribution in [0.25, 0.3) is 0 Å². The van der Waals surface area contributed by atoms with Crippen LogP contribution in [0.2, 0.25) is 0 Å². The number of rotatable bonds is 3. The van der Waals surface area contributed by atoms with Gasteiger partial charge in [0.2, 0.25) is 0 Å². The predicted molar refractivity (Wildman–Crippen MR) is 104 cm³/mol. The summed E-state index contributed by atoms with van der Waals surface area (Å²) in [6.45, 7) is 2.10. The fourth-order valence-electron chi connectivity index (χ4n) is 3.68. The van der Waals surface area contributed by atoms with Gasteiger partial charge in [0, 0.05) is 37.8 Å². The minimum Gasteiger partial charge on any atom is -0.479 e. The van der Waals surface area contributed by atoms with E-state index in [0.717, 1.165) is 42.7 Å². The molecule has 0 saturated heterocycles. The van der Waals surface area contributed by atoms with Crippen LogP contribution in [0.4, 0.5) is 16.2 Å². The number of anilines is 2. The summed E-state index contributed by atoms with van der Waals surface area (Å²) in [5, 5.41) is 7.02. The topological polar surface area (TPSA) is 87.9 Å². The quantitative estimate of drug-likeness (QED) is 0.879. The Kier molecular flexibility index (Phi) is 4.70. The van der Waals surface area contributed by atoms with E-state index in [1.54, 1.807) is 49.0 Å². The zero-order valence-corrected chi connectivity index (χ0v) is 16.3. The number of aromatic nitrogens is 1. The Morgan fingerprint density at radius 3 is 2.96 bits per heavy atom. The molecule has 28 heavy (non-hydrogen) atoms. The van der Waals surface area contributed by atoms with Crippen LogP contribution in [0.3, 0.4) is 0 Å². The average Bonchev–Trinajstić information content (AvgIpc) is 3.09. The van der Waals surface area contributed by atoms with Crippen LogP contribution < -0.4 is 15.0 Å². The molecule has 1 aromatic heterocycles. The fourth-order valence-corrected chi connectivity index (χ4v) is 3.68. The summed E-state index contributed by atoms with van der Waals surface area (Å²) >= 11 is 0. The first-order valence-electron chi connectivity index (χ1n) is 9.50. The number of amides is 3. The lowest BCUT2D eigenvalue weighted by atomic mass is 9.96. The maximum Gasteiger partial charge on any atom is 0.321 e. The van der Waals surface area contributed by atoms with Crippen LogP contribution in [0.1, 0.15) is 36.8 Å². The number of ether oxygens (including phenoxy) is 1. The van der Waals surface area contributed by atoms with Crippen molar-refractivity contribution in [3.8, 4) is 5.75 Å². The number of nitrogens with zero attached hydrogens (tertiary/aromatic N) is 3. The molecule has 1 aliphatic carbocycles. The van der Waals surface area contributed by atoms with Gasteiger partial charge in [-0.1, -0.05) is 5.16 Å². The largest absolute Gasteiger partial charge is 0.479 e. The first-order chi connectivity index (χ1) is 13.4.